The molecule has 0 saturated carbocycles. The van der Waals surface area contributed by atoms with Crippen molar-refractivity contribution in [3.63, 3.8) is 0 Å². The lowest BCUT2D eigenvalue weighted by Crippen LogP contribution is -2.54. The summed E-state index contributed by atoms with van der Waals surface area (Å²) in [5.74, 6) is 1.92. The number of β-lactam (4-membered cyclic amide) rings is 1. The number of nitrogens with two attached hydrogens (primary N) is 1. The number of methoxy groups -OCH3 is 4. The number of nitrogen functional groups attached to an aromatic ring is 1. The largest absolute Gasteiger partial charge is 0.495 e. The van der Waals surface area contributed by atoms with E-state index in [2.05, 4.69) is 0 Å². The van der Waals surface area contributed by atoms with Crippen LogP contribution in [-0.2, 0) is 4.79 Å². The highest BCUT2D eigenvalue weighted by molar-refractivity contribution is 6.03. The fourth-order valence-electron chi connectivity index (χ4n) is 3.50. The van der Waals surface area contributed by atoms with Gasteiger partial charge in [-0.15, -0.1) is 0 Å². The average molecular weight is 372 g/mol. The molecule has 1 fully saturated rings. The first-order valence-electron chi connectivity index (χ1n) is 8.53. The van der Waals surface area contributed by atoms with E-state index in [1.54, 1.807) is 45.5 Å². The molecule has 3 rings (SSSR count). The number of carbonyl (C=O) groups is 1. The van der Waals surface area contributed by atoms with Crippen LogP contribution in [0.1, 0.15) is 18.5 Å². The second-order valence-electron chi connectivity index (χ2n) is 6.33. The monoisotopic (exact) mass is 372 g/mol. The van der Waals surface area contributed by atoms with Crippen molar-refractivity contribution < 1.29 is 23.7 Å². The van der Waals surface area contributed by atoms with Crippen molar-refractivity contribution in [3.8, 4) is 23.0 Å². The van der Waals surface area contributed by atoms with E-state index in [4.69, 9.17) is 24.7 Å². The van der Waals surface area contributed by atoms with Crippen molar-refractivity contribution in [1.82, 2.24) is 0 Å². The Bertz CT molecular complexity index is 842. The summed E-state index contributed by atoms with van der Waals surface area (Å²) in [6, 6.07) is 8.97. The van der Waals surface area contributed by atoms with E-state index in [0.717, 1.165) is 5.56 Å². The van der Waals surface area contributed by atoms with Gasteiger partial charge in [-0.05, 0) is 17.7 Å². The van der Waals surface area contributed by atoms with Crippen molar-refractivity contribution in [1.29, 1.82) is 0 Å². The first-order valence-corrected chi connectivity index (χ1v) is 8.53. The van der Waals surface area contributed by atoms with Crippen LogP contribution in [0.4, 0.5) is 11.4 Å². The van der Waals surface area contributed by atoms with Crippen LogP contribution < -0.4 is 29.6 Å². The molecule has 2 atom stereocenters. The maximum atomic E-state index is 12.7. The minimum absolute atomic E-state index is 0.0173. The molecule has 144 valence electrons. The number of hydrogen-bond acceptors (Lipinski definition) is 6. The Kier molecular flexibility index (Phi) is 5.03. The van der Waals surface area contributed by atoms with Gasteiger partial charge >= 0.3 is 0 Å². The van der Waals surface area contributed by atoms with Gasteiger partial charge in [0.05, 0.1) is 51.8 Å². The van der Waals surface area contributed by atoms with Crippen molar-refractivity contribution in [3.05, 3.63) is 35.9 Å². The molecule has 1 amide bonds. The minimum atomic E-state index is -0.170. The van der Waals surface area contributed by atoms with E-state index in [-0.39, 0.29) is 17.9 Å². The van der Waals surface area contributed by atoms with Gasteiger partial charge in [0.15, 0.2) is 11.5 Å². The van der Waals surface area contributed by atoms with Crippen molar-refractivity contribution in [2.75, 3.05) is 39.1 Å². The standard InChI is InChI=1S/C20H24N2O5/c1-11-18(12-6-7-15(24-2)14(21)8-12)22(20(11)23)13-9-16(25-3)19(27-5)17(10-13)26-4/h6-11,18H,21H2,1-5H3/t11-,18-/m1/s1. The summed E-state index contributed by atoms with van der Waals surface area (Å²) in [5, 5.41) is 0. The molecule has 1 aliphatic rings. The molecule has 7 nitrogen and oxygen atoms in total. The van der Waals surface area contributed by atoms with Gasteiger partial charge in [-0.2, -0.15) is 0 Å². The second kappa shape index (κ2) is 7.26. The van der Waals surface area contributed by atoms with Crippen molar-refractivity contribution in [2.45, 2.75) is 13.0 Å². The smallest absolute Gasteiger partial charge is 0.232 e. The predicted molar refractivity (Wildman–Crippen MR) is 103 cm³/mol. The number of anilines is 2. The van der Waals surface area contributed by atoms with Crippen LogP contribution in [-0.4, -0.2) is 34.3 Å². The van der Waals surface area contributed by atoms with Crippen LogP contribution in [0.2, 0.25) is 0 Å². The Balaban J connectivity index is 2.05. The molecule has 0 unspecified atom stereocenters. The van der Waals surface area contributed by atoms with E-state index < -0.39 is 0 Å². The zero-order valence-corrected chi connectivity index (χ0v) is 16.1. The summed E-state index contributed by atoms with van der Waals surface area (Å²) in [6.45, 7) is 1.90. The summed E-state index contributed by atoms with van der Waals surface area (Å²) in [5.41, 5.74) is 8.20. The maximum Gasteiger partial charge on any atom is 0.232 e. The zero-order chi connectivity index (χ0) is 19.7. The van der Waals surface area contributed by atoms with E-state index in [9.17, 15) is 4.79 Å². The molecular weight excluding hydrogens is 348 g/mol. The lowest BCUT2D eigenvalue weighted by Gasteiger charge is -2.46. The Hall–Kier alpha value is -3.09. The minimum Gasteiger partial charge on any atom is -0.495 e. The van der Waals surface area contributed by atoms with Gasteiger partial charge in [0.1, 0.15) is 5.75 Å². The number of carbonyl (C=O) groups excluding carboxylic acids is 1. The summed E-state index contributed by atoms with van der Waals surface area (Å²) in [4.78, 5) is 14.4. The number of nitrogens with zero attached hydrogens (tertiary/aromatic N) is 1. The van der Waals surface area contributed by atoms with E-state index in [0.29, 0.717) is 34.4 Å². The normalized spacial score (nSPS) is 18.7. The molecule has 2 N–H and O–H groups in total. The molecule has 0 spiro atoms. The molecular formula is C20H24N2O5. The van der Waals surface area contributed by atoms with Gasteiger partial charge in [0.25, 0.3) is 0 Å². The number of benzene rings is 2. The van der Waals surface area contributed by atoms with Crippen LogP contribution in [0.3, 0.4) is 0 Å². The third kappa shape index (κ3) is 2.99. The van der Waals surface area contributed by atoms with E-state index >= 15 is 0 Å². The number of amides is 1. The lowest BCUT2D eigenvalue weighted by molar-refractivity contribution is -0.129. The Morgan fingerprint density at radius 3 is 1.96 bits per heavy atom. The average Bonchev–Trinajstić information content (AvgIpc) is 2.69. The number of hydrogen-bond donors (Lipinski definition) is 1. The third-order valence-electron chi connectivity index (χ3n) is 4.90. The molecule has 2 aromatic rings. The summed E-state index contributed by atoms with van der Waals surface area (Å²) in [7, 11) is 6.20. The summed E-state index contributed by atoms with van der Waals surface area (Å²) < 4.78 is 21.4. The van der Waals surface area contributed by atoms with Gasteiger partial charge in [-0.25, -0.2) is 0 Å². The molecule has 1 saturated heterocycles. The van der Waals surface area contributed by atoms with Gasteiger partial charge in [0, 0.05) is 12.1 Å². The highest BCUT2D eigenvalue weighted by Crippen LogP contribution is 2.48. The molecule has 0 radical (unpaired) electrons. The van der Waals surface area contributed by atoms with E-state index in [1.165, 1.54) is 0 Å². The van der Waals surface area contributed by atoms with Crippen molar-refractivity contribution in [2.24, 2.45) is 5.92 Å². The van der Waals surface area contributed by atoms with Gasteiger partial charge in [0.2, 0.25) is 11.7 Å². The van der Waals surface area contributed by atoms with Crippen LogP contribution in [0.5, 0.6) is 23.0 Å². The molecule has 0 bridgehead atoms. The third-order valence-corrected chi connectivity index (χ3v) is 4.90. The topological polar surface area (TPSA) is 83.2 Å². The quantitative estimate of drug-likeness (QED) is 0.620. The molecule has 0 aromatic heterocycles. The molecule has 0 aliphatic carbocycles. The van der Waals surface area contributed by atoms with Crippen LogP contribution >= 0.6 is 0 Å². The number of rotatable bonds is 6. The van der Waals surface area contributed by atoms with Gasteiger partial charge < -0.3 is 29.6 Å². The Labute approximate surface area is 158 Å². The maximum absolute atomic E-state index is 12.7. The van der Waals surface area contributed by atoms with Crippen LogP contribution in [0.25, 0.3) is 0 Å². The molecule has 1 heterocycles. The molecule has 27 heavy (non-hydrogen) atoms. The fraction of sp³-hybridized carbons (Fsp3) is 0.350. The SMILES string of the molecule is COc1ccc([C@H]2[C@@H](C)C(=O)N2c2cc(OC)c(OC)c(OC)c2)cc1N. The predicted octanol–water partition coefficient (Wildman–Crippen LogP) is 3.03. The van der Waals surface area contributed by atoms with E-state index in [1.807, 2.05) is 25.1 Å². The second-order valence-corrected chi connectivity index (χ2v) is 6.33. The van der Waals surface area contributed by atoms with Crippen LogP contribution in [0, 0.1) is 5.92 Å². The first-order chi connectivity index (χ1) is 13.0. The molecule has 7 heteroatoms. The molecule has 2 aromatic carbocycles. The Morgan fingerprint density at radius 1 is 0.889 bits per heavy atom. The van der Waals surface area contributed by atoms with Gasteiger partial charge in [-0.3, -0.25) is 4.79 Å². The lowest BCUT2D eigenvalue weighted by atomic mass is 9.83. The number of ether oxygens (including phenoxy) is 4. The van der Waals surface area contributed by atoms with Crippen LogP contribution in [0.15, 0.2) is 30.3 Å². The fourth-order valence-corrected chi connectivity index (χ4v) is 3.50. The summed E-state index contributed by atoms with van der Waals surface area (Å²) >= 11 is 0. The Morgan fingerprint density at radius 2 is 1.48 bits per heavy atom. The first kappa shape index (κ1) is 18.7. The zero-order valence-electron chi connectivity index (χ0n) is 16.1. The van der Waals surface area contributed by atoms with Gasteiger partial charge in [-0.1, -0.05) is 13.0 Å². The molecule has 1 aliphatic heterocycles. The van der Waals surface area contributed by atoms with Crippen molar-refractivity contribution >= 4 is 17.3 Å². The summed E-state index contributed by atoms with van der Waals surface area (Å²) in [6.07, 6.45) is 0. The highest BCUT2D eigenvalue weighted by Gasteiger charge is 2.46. The highest BCUT2D eigenvalue weighted by atomic mass is 16.5.